The number of carboxylic acid groups (broad SMARTS) is 1. The van der Waals surface area contributed by atoms with E-state index in [-0.39, 0.29) is 17.7 Å². The number of aryl methyl sites for hydroxylation is 2. The Morgan fingerprint density at radius 1 is 1.29 bits per heavy atom. The molecule has 1 unspecified atom stereocenters. The summed E-state index contributed by atoms with van der Waals surface area (Å²) in [7, 11) is 0. The highest BCUT2D eigenvalue weighted by Crippen LogP contribution is 2.36. The van der Waals surface area contributed by atoms with Gasteiger partial charge in [-0.3, -0.25) is 9.69 Å². The highest BCUT2D eigenvalue weighted by Gasteiger charge is 2.39. The number of nitrogens with zero attached hydrogens (tertiary/aromatic N) is 3. The molecule has 1 N–H and O–H groups in total. The van der Waals surface area contributed by atoms with Crippen LogP contribution in [0.5, 0.6) is 0 Å². The topological polar surface area (TPSA) is 69.8 Å². The van der Waals surface area contributed by atoms with Crippen molar-refractivity contribution in [3.8, 4) is 0 Å². The van der Waals surface area contributed by atoms with E-state index in [1.54, 1.807) is 19.1 Å². The number of rotatable bonds is 6. The molecule has 3 atom stereocenters. The molecule has 4 rings (SSSR count). The van der Waals surface area contributed by atoms with Gasteiger partial charge < -0.3 is 14.4 Å². The van der Waals surface area contributed by atoms with Crippen molar-refractivity contribution in [1.29, 1.82) is 0 Å². The number of benzene rings is 1. The maximum absolute atomic E-state index is 13.9. The molecule has 168 valence electrons. The highest BCUT2D eigenvalue weighted by atomic mass is 19.1. The fourth-order valence-electron chi connectivity index (χ4n) is 5.31. The molecule has 0 bridgehead atoms. The summed E-state index contributed by atoms with van der Waals surface area (Å²) < 4.78 is 19.7. The molecule has 0 spiro atoms. The fraction of sp³-hybridized carbons (Fsp3) is 0.583. The standard InChI is InChI=1S/C24H32FN3O3/c1-15-23(31-17(3)26-15)18-7-9-27(10-8-18)12-20-13-28(16(2)24(29)30)14-22(20)19-5-4-6-21(25)11-19/h4-6,11,16,18,20,22H,7-10,12-14H2,1-3H3,(H,29,30)/t16?,20-,22+/m0/s1. The van der Waals surface area contributed by atoms with Gasteiger partial charge >= 0.3 is 5.97 Å². The fourth-order valence-corrected chi connectivity index (χ4v) is 5.31. The van der Waals surface area contributed by atoms with Gasteiger partial charge in [0.1, 0.15) is 17.6 Å². The predicted octanol–water partition coefficient (Wildman–Crippen LogP) is 3.80. The zero-order valence-corrected chi connectivity index (χ0v) is 18.6. The second kappa shape index (κ2) is 9.09. The number of aliphatic carboxylic acids is 1. The molecule has 7 heteroatoms. The molecule has 0 saturated carbocycles. The van der Waals surface area contributed by atoms with Crippen LogP contribution in [0.2, 0.25) is 0 Å². The molecule has 1 aromatic heterocycles. The van der Waals surface area contributed by atoms with Gasteiger partial charge in [-0.15, -0.1) is 0 Å². The minimum absolute atomic E-state index is 0.134. The van der Waals surface area contributed by atoms with Gasteiger partial charge in [0.2, 0.25) is 0 Å². The number of hydrogen-bond acceptors (Lipinski definition) is 5. The van der Waals surface area contributed by atoms with Crippen LogP contribution < -0.4 is 0 Å². The zero-order chi connectivity index (χ0) is 22.1. The van der Waals surface area contributed by atoms with Crippen LogP contribution in [0, 0.1) is 25.6 Å². The first kappa shape index (κ1) is 22.0. The van der Waals surface area contributed by atoms with Gasteiger partial charge in [0.25, 0.3) is 0 Å². The summed E-state index contributed by atoms with van der Waals surface area (Å²) in [6.45, 7) is 9.85. The van der Waals surface area contributed by atoms with Crippen LogP contribution in [0.25, 0.3) is 0 Å². The first-order chi connectivity index (χ1) is 14.8. The van der Waals surface area contributed by atoms with Crippen LogP contribution in [0.1, 0.15) is 54.5 Å². The SMILES string of the molecule is Cc1nc(C)c(C2CCN(C[C@H]3CN(C(C)C(=O)O)C[C@@H]3c3cccc(F)c3)CC2)o1. The molecule has 1 aromatic carbocycles. The van der Waals surface area contributed by atoms with Crippen LogP contribution in [0.15, 0.2) is 28.7 Å². The van der Waals surface area contributed by atoms with Gasteiger partial charge in [-0.2, -0.15) is 0 Å². The molecule has 31 heavy (non-hydrogen) atoms. The Morgan fingerprint density at radius 2 is 2.03 bits per heavy atom. The average Bonchev–Trinajstić information content (AvgIpc) is 3.30. The third-order valence-corrected chi connectivity index (χ3v) is 7.04. The number of aromatic nitrogens is 1. The molecular weight excluding hydrogens is 397 g/mol. The van der Waals surface area contributed by atoms with Crippen LogP contribution in [0.4, 0.5) is 4.39 Å². The number of likely N-dealkylation sites (tertiary alicyclic amines) is 2. The van der Waals surface area contributed by atoms with E-state index in [9.17, 15) is 14.3 Å². The first-order valence-electron chi connectivity index (χ1n) is 11.2. The minimum atomic E-state index is -0.808. The van der Waals surface area contributed by atoms with Crippen molar-refractivity contribution in [2.75, 3.05) is 32.7 Å². The summed E-state index contributed by atoms with van der Waals surface area (Å²) in [5, 5.41) is 9.49. The molecule has 0 amide bonds. The van der Waals surface area contributed by atoms with E-state index < -0.39 is 12.0 Å². The number of carbonyl (C=O) groups is 1. The average molecular weight is 430 g/mol. The van der Waals surface area contributed by atoms with Gasteiger partial charge in [0.15, 0.2) is 5.89 Å². The molecule has 2 aliphatic heterocycles. The molecule has 0 radical (unpaired) electrons. The monoisotopic (exact) mass is 429 g/mol. The van der Waals surface area contributed by atoms with Gasteiger partial charge in [-0.05, 0) is 63.4 Å². The van der Waals surface area contributed by atoms with Crippen molar-refractivity contribution >= 4 is 5.97 Å². The molecule has 2 aliphatic rings. The largest absolute Gasteiger partial charge is 0.480 e. The zero-order valence-electron chi connectivity index (χ0n) is 18.6. The lowest BCUT2D eigenvalue weighted by Crippen LogP contribution is -2.40. The van der Waals surface area contributed by atoms with Crippen LogP contribution in [0.3, 0.4) is 0 Å². The summed E-state index contributed by atoms with van der Waals surface area (Å²) in [6.07, 6.45) is 2.06. The highest BCUT2D eigenvalue weighted by molar-refractivity contribution is 5.73. The lowest BCUT2D eigenvalue weighted by atomic mass is 9.87. The summed E-state index contributed by atoms with van der Waals surface area (Å²) in [6, 6.07) is 6.25. The molecule has 6 nitrogen and oxygen atoms in total. The number of halogens is 1. The third-order valence-electron chi connectivity index (χ3n) is 7.04. The number of hydrogen-bond donors (Lipinski definition) is 1. The second-order valence-corrected chi connectivity index (χ2v) is 9.15. The van der Waals surface area contributed by atoms with E-state index in [0.29, 0.717) is 12.5 Å². The van der Waals surface area contributed by atoms with E-state index in [4.69, 9.17) is 4.42 Å². The third kappa shape index (κ3) is 4.83. The summed E-state index contributed by atoms with van der Waals surface area (Å²) in [5.41, 5.74) is 1.96. The van der Waals surface area contributed by atoms with Crippen molar-refractivity contribution < 1.29 is 18.7 Å². The van der Waals surface area contributed by atoms with Crippen molar-refractivity contribution in [2.24, 2.45) is 5.92 Å². The Morgan fingerprint density at radius 3 is 2.65 bits per heavy atom. The molecule has 2 fully saturated rings. The molecule has 2 aromatic rings. The Labute approximate surface area is 183 Å². The van der Waals surface area contributed by atoms with E-state index in [0.717, 1.165) is 61.9 Å². The maximum Gasteiger partial charge on any atom is 0.320 e. The molecule has 3 heterocycles. The van der Waals surface area contributed by atoms with Crippen LogP contribution in [-0.2, 0) is 4.79 Å². The molecule has 0 aliphatic carbocycles. The van der Waals surface area contributed by atoms with Crippen LogP contribution >= 0.6 is 0 Å². The van der Waals surface area contributed by atoms with Crippen molar-refractivity contribution in [2.45, 2.75) is 51.5 Å². The lowest BCUT2D eigenvalue weighted by molar-refractivity contribution is -0.142. The van der Waals surface area contributed by atoms with E-state index in [2.05, 4.69) is 9.88 Å². The van der Waals surface area contributed by atoms with Crippen molar-refractivity contribution in [3.63, 3.8) is 0 Å². The minimum Gasteiger partial charge on any atom is -0.480 e. The number of oxazole rings is 1. The van der Waals surface area contributed by atoms with Gasteiger partial charge in [0.05, 0.1) is 5.69 Å². The number of piperidine rings is 1. The predicted molar refractivity (Wildman–Crippen MR) is 116 cm³/mol. The first-order valence-corrected chi connectivity index (χ1v) is 11.2. The molecular formula is C24H32FN3O3. The maximum atomic E-state index is 13.9. The van der Waals surface area contributed by atoms with Crippen molar-refractivity contribution in [3.05, 3.63) is 53.0 Å². The Balaban J connectivity index is 1.44. The molecule has 2 saturated heterocycles. The second-order valence-electron chi connectivity index (χ2n) is 9.15. The normalized spacial score (nSPS) is 24.5. The Bertz CT molecular complexity index is 923. The quantitative estimate of drug-likeness (QED) is 0.753. The van der Waals surface area contributed by atoms with E-state index in [1.807, 2.05) is 24.8 Å². The van der Waals surface area contributed by atoms with E-state index in [1.165, 1.54) is 6.07 Å². The van der Waals surface area contributed by atoms with Gasteiger partial charge in [0, 0.05) is 38.4 Å². The summed E-state index contributed by atoms with van der Waals surface area (Å²) in [4.78, 5) is 20.5. The van der Waals surface area contributed by atoms with Crippen molar-refractivity contribution in [1.82, 2.24) is 14.8 Å². The lowest BCUT2D eigenvalue weighted by Gasteiger charge is -2.34. The summed E-state index contributed by atoms with van der Waals surface area (Å²) >= 11 is 0. The van der Waals surface area contributed by atoms with E-state index >= 15 is 0 Å². The van der Waals surface area contributed by atoms with Gasteiger partial charge in [-0.1, -0.05) is 12.1 Å². The smallest absolute Gasteiger partial charge is 0.320 e. The Kier molecular flexibility index (Phi) is 6.44. The van der Waals surface area contributed by atoms with Gasteiger partial charge in [-0.25, -0.2) is 9.37 Å². The number of carboxylic acids is 1. The van der Waals surface area contributed by atoms with Crippen LogP contribution in [-0.4, -0.2) is 64.6 Å². The summed E-state index contributed by atoms with van der Waals surface area (Å²) in [5.74, 6) is 1.52. The Hall–Kier alpha value is -2.25.